The number of aliphatic hydroxyl groups is 4. The number of hydrogen-bond donors (Lipinski definition) is 5. The number of nitrogens with zero attached hydrogens (tertiary/aromatic N) is 1. The van der Waals surface area contributed by atoms with Crippen LogP contribution in [0.15, 0.2) is 36.0 Å². The first-order valence-corrected chi connectivity index (χ1v) is 16.0. The number of cyclic esters (lactones) is 1. The maximum Gasteiger partial charge on any atom is 0.410 e. The van der Waals surface area contributed by atoms with Crippen molar-refractivity contribution < 1.29 is 44.2 Å². The number of ether oxygens (including phenoxy) is 3. The van der Waals surface area contributed by atoms with Crippen molar-refractivity contribution in [3.8, 4) is 0 Å². The lowest BCUT2D eigenvalue weighted by molar-refractivity contribution is -0.151. The van der Waals surface area contributed by atoms with E-state index in [4.69, 9.17) is 14.2 Å². The van der Waals surface area contributed by atoms with Gasteiger partial charge in [0, 0.05) is 44.4 Å². The number of aliphatic hydroxyl groups excluding tert-OH is 2. The third-order valence-corrected chi connectivity index (χ3v) is 8.97. The maximum atomic E-state index is 12.9. The van der Waals surface area contributed by atoms with Gasteiger partial charge < -0.3 is 44.9 Å². The van der Waals surface area contributed by atoms with Crippen molar-refractivity contribution in [2.24, 2.45) is 11.8 Å². The highest BCUT2D eigenvalue weighted by molar-refractivity contribution is 5.70. The highest BCUT2D eigenvalue weighted by atomic mass is 16.6. The lowest BCUT2D eigenvalue weighted by Crippen LogP contribution is -2.50. The monoisotopic (exact) mass is 622 g/mol. The van der Waals surface area contributed by atoms with Gasteiger partial charge in [0.05, 0.1) is 36.4 Å². The highest BCUT2D eigenvalue weighted by Crippen LogP contribution is 2.37. The van der Waals surface area contributed by atoms with E-state index in [1.54, 1.807) is 49.1 Å². The van der Waals surface area contributed by atoms with Gasteiger partial charge in [0.15, 0.2) is 6.10 Å². The average molecular weight is 623 g/mol. The van der Waals surface area contributed by atoms with E-state index in [0.717, 1.165) is 0 Å². The van der Waals surface area contributed by atoms with E-state index in [2.05, 4.69) is 5.32 Å². The van der Waals surface area contributed by atoms with Gasteiger partial charge in [-0.25, -0.2) is 4.79 Å². The summed E-state index contributed by atoms with van der Waals surface area (Å²) >= 11 is 0. The van der Waals surface area contributed by atoms with Crippen molar-refractivity contribution in [3.05, 3.63) is 36.0 Å². The van der Waals surface area contributed by atoms with Crippen LogP contribution in [0.1, 0.15) is 73.6 Å². The molecule has 1 amide bonds. The number of hydrogen-bond acceptors (Lipinski definition) is 10. The fourth-order valence-electron chi connectivity index (χ4n) is 5.83. The minimum atomic E-state index is -1.48. The van der Waals surface area contributed by atoms with Crippen LogP contribution in [0.4, 0.5) is 4.79 Å². The Hall–Kier alpha value is -2.28. The van der Waals surface area contributed by atoms with E-state index in [9.17, 15) is 30.0 Å². The summed E-state index contributed by atoms with van der Waals surface area (Å²) in [7, 11) is 0. The van der Waals surface area contributed by atoms with Gasteiger partial charge in [0.25, 0.3) is 0 Å². The summed E-state index contributed by atoms with van der Waals surface area (Å²) < 4.78 is 17.3. The summed E-state index contributed by atoms with van der Waals surface area (Å²) in [6, 6.07) is 0. The molecular formula is C33H54N2O9. The van der Waals surface area contributed by atoms with Gasteiger partial charge in [-0.05, 0) is 51.7 Å². The van der Waals surface area contributed by atoms with Crippen LogP contribution in [-0.2, 0) is 19.0 Å². The number of amides is 1. The topological polar surface area (TPSA) is 161 Å². The normalized spacial score (nSPS) is 35.2. The molecule has 3 aliphatic heterocycles. The lowest BCUT2D eigenvalue weighted by atomic mass is 9.88. The Morgan fingerprint density at radius 2 is 2.00 bits per heavy atom. The number of nitrogens with one attached hydrogen (secondary N) is 1. The van der Waals surface area contributed by atoms with Crippen LogP contribution in [0.3, 0.4) is 0 Å². The Morgan fingerprint density at radius 1 is 1.32 bits per heavy atom. The molecule has 0 aromatic heterocycles. The summed E-state index contributed by atoms with van der Waals surface area (Å²) in [5.41, 5.74) is -1.93. The highest BCUT2D eigenvalue weighted by Gasteiger charge is 2.47. The number of carbonyl (C=O) groups excluding carboxylic acids is 2. The fourth-order valence-corrected chi connectivity index (χ4v) is 5.83. The second-order valence-corrected chi connectivity index (χ2v) is 13.3. The van der Waals surface area contributed by atoms with Crippen molar-refractivity contribution in [2.75, 3.05) is 26.2 Å². The third-order valence-electron chi connectivity index (χ3n) is 8.97. The molecule has 11 heteroatoms. The number of esters is 1. The van der Waals surface area contributed by atoms with Gasteiger partial charge in [-0.3, -0.25) is 4.79 Å². The Morgan fingerprint density at radius 3 is 2.66 bits per heavy atom. The minimum absolute atomic E-state index is 0.00958. The Bertz CT molecular complexity index is 1050. The van der Waals surface area contributed by atoms with Gasteiger partial charge >= 0.3 is 12.1 Å². The van der Waals surface area contributed by atoms with Gasteiger partial charge in [0.1, 0.15) is 11.7 Å². The summed E-state index contributed by atoms with van der Waals surface area (Å²) in [5, 5.41) is 46.1. The molecule has 0 saturated carbocycles. The van der Waals surface area contributed by atoms with E-state index in [1.807, 2.05) is 27.7 Å². The third kappa shape index (κ3) is 10.7. The second-order valence-electron chi connectivity index (χ2n) is 13.3. The molecule has 5 N–H and O–H groups in total. The molecule has 44 heavy (non-hydrogen) atoms. The molecular weight excluding hydrogens is 568 g/mol. The Labute approximate surface area is 261 Å². The Balaban J connectivity index is 1.74. The van der Waals surface area contributed by atoms with Crippen LogP contribution in [0.25, 0.3) is 0 Å². The summed E-state index contributed by atoms with van der Waals surface area (Å²) in [6.07, 6.45) is 5.68. The van der Waals surface area contributed by atoms with E-state index in [0.29, 0.717) is 44.6 Å². The summed E-state index contributed by atoms with van der Waals surface area (Å²) in [4.78, 5) is 27.3. The largest absolute Gasteiger partial charge is 0.457 e. The molecule has 0 spiro atoms. The first-order valence-electron chi connectivity index (χ1n) is 16.0. The molecule has 0 aliphatic carbocycles. The molecule has 2 saturated heterocycles. The van der Waals surface area contributed by atoms with Gasteiger partial charge in [-0.1, -0.05) is 45.1 Å². The molecule has 0 bridgehead atoms. The molecule has 250 valence electrons. The van der Waals surface area contributed by atoms with Gasteiger partial charge in [0.2, 0.25) is 0 Å². The maximum absolute atomic E-state index is 12.9. The summed E-state index contributed by atoms with van der Waals surface area (Å²) in [5.74, 6) is -0.942. The van der Waals surface area contributed by atoms with E-state index in [-0.39, 0.29) is 43.3 Å². The zero-order chi connectivity index (χ0) is 32.7. The lowest BCUT2D eigenvalue weighted by Gasteiger charge is -2.35. The first-order chi connectivity index (χ1) is 20.6. The van der Waals surface area contributed by atoms with Crippen LogP contribution in [0.2, 0.25) is 0 Å². The quantitative estimate of drug-likeness (QED) is 0.112. The number of piperazine rings is 1. The molecule has 11 nitrogen and oxygen atoms in total. The first kappa shape index (κ1) is 36.2. The number of carbonyl (C=O) groups is 2. The van der Waals surface area contributed by atoms with E-state index >= 15 is 0 Å². The predicted octanol–water partition coefficient (Wildman–Crippen LogP) is 2.61. The molecule has 3 aliphatic rings. The van der Waals surface area contributed by atoms with Crippen molar-refractivity contribution in [2.45, 2.75) is 121 Å². The summed E-state index contributed by atoms with van der Waals surface area (Å²) in [6.45, 7) is 13.1. The van der Waals surface area contributed by atoms with Crippen LogP contribution >= 0.6 is 0 Å². The van der Waals surface area contributed by atoms with Crippen molar-refractivity contribution in [1.82, 2.24) is 10.2 Å². The zero-order valence-corrected chi connectivity index (χ0v) is 27.1. The number of rotatable bonds is 9. The molecule has 10 atom stereocenters. The number of allylic oxidation sites excluding steroid dienone is 2. The molecule has 3 heterocycles. The molecule has 0 aromatic rings. The van der Waals surface area contributed by atoms with Crippen LogP contribution in [0, 0.1) is 11.8 Å². The molecule has 2 fully saturated rings. The van der Waals surface area contributed by atoms with Crippen molar-refractivity contribution in [3.63, 3.8) is 0 Å². The van der Waals surface area contributed by atoms with Crippen LogP contribution in [0.5, 0.6) is 0 Å². The molecule has 5 unspecified atom stereocenters. The van der Waals surface area contributed by atoms with Gasteiger partial charge in [-0.15, -0.1) is 0 Å². The van der Waals surface area contributed by atoms with Crippen LogP contribution in [-0.4, -0.2) is 111 Å². The molecule has 0 radical (unpaired) electrons. The van der Waals surface area contributed by atoms with E-state index < -0.39 is 47.7 Å². The van der Waals surface area contributed by atoms with E-state index in [1.165, 1.54) is 0 Å². The smallest absolute Gasteiger partial charge is 0.410 e. The van der Waals surface area contributed by atoms with Crippen LogP contribution < -0.4 is 5.32 Å². The van der Waals surface area contributed by atoms with Crippen molar-refractivity contribution in [1.29, 1.82) is 0 Å². The van der Waals surface area contributed by atoms with Gasteiger partial charge in [-0.2, -0.15) is 0 Å². The van der Waals surface area contributed by atoms with Crippen molar-refractivity contribution >= 4 is 12.1 Å². The standard InChI is InChI=1S/C33H54N2O9/c1-7-25(37)23(4)30-26(42-30)20-32(5,40)13-8-9-21(2)29-22(3)10-11-27(43-31(39)35-17-15-34-16-18-35)33(6,41)14-12-24(36)19-28(38)44-29/h8-11,13,22-27,29-30,34,36-37,40-41H,7,12,14-20H2,1-6H3/b11-10?,13-8+,21-9+/t22?,23-,24?,25+,26-,27?,29?,30-,32+,33?/m1/s1. The average Bonchev–Trinajstić information content (AvgIpc) is 3.73. The SMILES string of the molecule is CC[C@H](O)[C@@H](C)[C@H]1O[C@@H]1C[C@@](C)(O)/C=C/C=C(\C)C1OC(=O)CC(O)CCC(C)(O)C(OC(=O)N2CCNCC2)C=CC1C. The minimum Gasteiger partial charge on any atom is -0.457 e. The second kappa shape index (κ2) is 15.8. The molecule has 0 aromatic carbocycles. The fraction of sp³-hybridized carbons (Fsp3) is 0.758. The number of epoxide rings is 1. The zero-order valence-electron chi connectivity index (χ0n) is 27.1. The predicted molar refractivity (Wildman–Crippen MR) is 166 cm³/mol. The Kier molecular flexibility index (Phi) is 13.0. The molecule has 3 rings (SSSR count).